The number of carbonyl (C=O) groups excluding carboxylic acids is 2. The average Bonchev–Trinajstić information content (AvgIpc) is 2.70. The van der Waals surface area contributed by atoms with Crippen LogP contribution in [-0.2, 0) is 14.3 Å². The zero-order chi connectivity index (χ0) is 21.4. The number of halogens is 1. The number of benzene rings is 2. The Morgan fingerprint density at radius 1 is 1.14 bits per heavy atom. The number of nitro benzene ring substituents is 1. The van der Waals surface area contributed by atoms with E-state index < -0.39 is 29.2 Å². The smallest absolute Gasteiger partial charge is 0.331 e. The fraction of sp³-hybridized carbons (Fsp3) is 0.158. The van der Waals surface area contributed by atoms with Crippen LogP contribution in [0.3, 0.4) is 0 Å². The minimum Gasteiger partial charge on any atom is -0.494 e. The number of carbonyl (C=O) groups is 2. The molecular weight excluding hydrogens is 387 g/mol. The number of non-ortho nitro benzene ring substituents is 1. The van der Waals surface area contributed by atoms with Crippen LogP contribution in [0.4, 0.5) is 15.8 Å². The molecule has 2 rings (SSSR count). The van der Waals surface area contributed by atoms with Gasteiger partial charge in [0.25, 0.3) is 11.6 Å². The predicted molar refractivity (Wildman–Crippen MR) is 101 cm³/mol. The van der Waals surface area contributed by atoms with Crippen LogP contribution in [0, 0.1) is 15.9 Å². The first-order chi connectivity index (χ1) is 13.8. The Labute approximate surface area is 164 Å². The van der Waals surface area contributed by atoms with Crippen LogP contribution in [0.2, 0.25) is 0 Å². The number of hydrogen-bond donors (Lipinski definition) is 1. The summed E-state index contributed by atoms with van der Waals surface area (Å²) < 4.78 is 28.2. The van der Waals surface area contributed by atoms with Crippen LogP contribution in [-0.4, -0.2) is 37.6 Å². The number of nitrogens with one attached hydrogen (secondary N) is 1. The minimum atomic E-state index is -0.813. The molecule has 0 saturated carbocycles. The van der Waals surface area contributed by atoms with E-state index >= 15 is 0 Å². The highest BCUT2D eigenvalue weighted by atomic mass is 19.1. The van der Waals surface area contributed by atoms with Crippen molar-refractivity contribution < 1.29 is 33.1 Å². The van der Waals surface area contributed by atoms with Gasteiger partial charge in [-0.1, -0.05) is 6.07 Å². The molecule has 0 bridgehead atoms. The quantitative estimate of drug-likeness (QED) is 0.311. The molecule has 29 heavy (non-hydrogen) atoms. The van der Waals surface area contributed by atoms with Crippen molar-refractivity contribution in [1.29, 1.82) is 0 Å². The second-order valence-electron chi connectivity index (χ2n) is 5.52. The lowest BCUT2D eigenvalue weighted by Crippen LogP contribution is -2.20. The number of rotatable bonds is 8. The molecule has 2 aromatic rings. The molecule has 0 unspecified atom stereocenters. The molecule has 10 heteroatoms. The fourth-order valence-corrected chi connectivity index (χ4v) is 2.22. The number of anilines is 1. The molecule has 0 spiro atoms. The second-order valence-corrected chi connectivity index (χ2v) is 5.52. The van der Waals surface area contributed by atoms with Gasteiger partial charge in [0, 0.05) is 12.1 Å². The van der Waals surface area contributed by atoms with Crippen molar-refractivity contribution >= 4 is 29.3 Å². The van der Waals surface area contributed by atoms with Gasteiger partial charge in [0.05, 0.1) is 30.9 Å². The Morgan fingerprint density at radius 3 is 2.48 bits per heavy atom. The van der Waals surface area contributed by atoms with Gasteiger partial charge in [-0.25, -0.2) is 9.18 Å². The van der Waals surface area contributed by atoms with E-state index in [0.717, 1.165) is 12.1 Å². The molecular formula is C19H17FN2O7. The minimum absolute atomic E-state index is 0.0723. The molecule has 0 atom stereocenters. The van der Waals surface area contributed by atoms with E-state index in [1.807, 2.05) is 0 Å². The van der Waals surface area contributed by atoms with Crippen LogP contribution in [0.1, 0.15) is 5.56 Å². The van der Waals surface area contributed by atoms with Crippen molar-refractivity contribution in [3.8, 4) is 11.5 Å². The van der Waals surface area contributed by atoms with Gasteiger partial charge in [-0.15, -0.1) is 0 Å². The summed E-state index contributed by atoms with van der Waals surface area (Å²) in [7, 11) is 2.63. The lowest BCUT2D eigenvalue weighted by molar-refractivity contribution is -0.384. The van der Waals surface area contributed by atoms with Crippen LogP contribution in [0.25, 0.3) is 6.08 Å². The summed E-state index contributed by atoms with van der Waals surface area (Å²) in [5, 5.41) is 13.2. The van der Waals surface area contributed by atoms with Gasteiger partial charge in [-0.2, -0.15) is 0 Å². The van der Waals surface area contributed by atoms with Crippen molar-refractivity contribution in [2.75, 3.05) is 26.1 Å². The van der Waals surface area contributed by atoms with Crippen molar-refractivity contribution in [2.24, 2.45) is 0 Å². The van der Waals surface area contributed by atoms with Gasteiger partial charge in [-0.3, -0.25) is 14.9 Å². The molecule has 2 aromatic carbocycles. The molecule has 0 radical (unpaired) electrons. The monoisotopic (exact) mass is 404 g/mol. The van der Waals surface area contributed by atoms with E-state index in [-0.39, 0.29) is 22.9 Å². The summed E-state index contributed by atoms with van der Waals surface area (Å²) in [6, 6.07) is 7.77. The van der Waals surface area contributed by atoms with E-state index in [1.165, 1.54) is 44.6 Å². The lowest BCUT2D eigenvalue weighted by atomic mass is 10.2. The number of nitro groups is 1. The van der Waals surface area contributed by atoms with Crippen LogP contribution in [0.15, 0.2) is 42.5 Å². The molecule has 9 nitrogen and oxygen atoms in total. The third kappa shape index (κ3) is 6.03. The van der Waals surface area contributed by atoms with Gasteiger partial charge in [-0.05, 0) is 29.8 Å². The average molecular weight is 404 g/mol. The third-order valence-electron chi connectivity index (χ3n) is 3.60. The highest BCUT2D eigenvalue weighted by Gasteiger charge is 2.14. The van der Waals surface area contributed by atoms with E-state index in [2.05, 4.69) is 5.32 Å². The number of esters is 1. The molecule has 0 aromatic heterocycles. The molecule has 0 saturated heterocycles. The molecule has 0 heterocycles. The molecule has 0 aliphatic heterocycles. The topological polar surface area (TPSA) is 117 Å². The summed E-state index contributed by atoms with van der Waals surface area (Å²) in [5.74, 6) is -1.91. The Balaban J connectivity index is 1.91. The third-order valence-corrected chi connectivity index (χ3v) is 3.60. The van der Waals surface area contributed by atoms with E-state index in [0.29, 0.717) is 5.56 Å². The molecule has 152 valence electrons. The number of methoxy groups -OCH3 is 2. The Bertz CT molecular complexity index is 960. The standard InChI is InChI=1S/C19H17FN2O7/c1-27-16-7-3-12(9-14(16)20)4-8-19(24)29-11-18(23)21-15-6-5-13(22(25)26)10-17(15)28-2/h3-10H,11H2,1-2H3,(H,21,23)/b8-4+. The normalized spacial score (nSPS) is 10.4. The SMILES string of the molecule is COc1ccc(/C=C/C(=O)OCC(=O)Nc2ccc([N+](=O)[O-])cc2OC)cc1F. The Morgan fingerprint density at radius 2 is 1.86 bits per heavy atom. The zero-order valence-corrected chi connectivity index (χ0v) is 15.5. The molecule has 0 fully saturated rings. The zero-order valence-electron chi connectivity index (χ0n) is 15.5. The highest BCUT2D eigenvalue weighted by molar-refractivity contribution is 5.95. The lowest BCUT2D eigenvalue weighted by Gasteiger charge is -2.09. The number of ether oxygens (including phenoxy) is 3. The molecule has 0 aliphatic carbocycles. The number of nitrogens with zero attached hydrogens (tertiary/aromatic N) is 1. The summed E-state index contributed by atoms with van der Waals surface area (Å²) >= 11 is 0. The summed E-state index contributed by atoms with van der Waals surface area (Å²) in [4.78, 5) is 33.8. The fourth-order valence-electron chi connectivity index (χ4n) is 2.22. The van der Waals surface area contributed by atoms with Gasteiger partial charge in [0.15, 0.2) is 18.2 Å². The molecule has 0 aliphatic rings. The number of hydrogen-bond acceptors (Lipinski definition) is 7. The van der Waals surface area contributed by atoms with Gasteiger partial charge < -0.3 is 19.5 Å². The highest BCUT2D eigenvalue weighted by Crippen LogP contribution is 2.28. The van der Waals surface area contributed by atoms with E-state index in [1.54, 1.807) is 6.07 Å². The van der Waals surface area contributed by atoms with Crippen molar-refractivity contribution in [3.05, 3.63) is 64.0 Å². The largest absolute Gasteiger partial charge is 0.494 e. The first-order valence-electron chi connectivity index (χ1n) is 8.14. The summed E-state index contributed by atoms with van der Waals surface area (Å²) in [6.45, 7) is -0.597. The Hall–Kier alpha value is -3.95. The summed E-state index contributed by atoms with van der Waals surface area (Å²) in [6.07, 6.45) is 2.36. The molecule has 1 N–H and O–H groups in total. The van der Waals surface area contributed by atoms with Crippen molar-refractivity contribution in [3.63, 3.8) is 0 Å². The number of amides is 1. The summed E-state index contributed by atoms with van der Waals surface area (Å²) in [5.41, 5.74) is 0.384. The second kappa shape index (κ2) is 9.83. The maximum absolute atomic E-state index is 13.6. The van der Waals surface area contributed by atoms with Crippen LogP contribution < -0.4 is 14.8 Å². The van der Waals surface area contributed by atoms with Crippen LogP contribution >= 0.6 is 0 Å². The van der Waals surface area contributed by atoms with Crippen LogP contribution in [0.5, 0.6) is 11.5 Å². The first kappa shape index (κ1) is 21.4. The predicted octanol–water partition coefficient (Wildman–Crippen LogP) is 2.95. The Kier molecular flexibility index (Phi) is 7.24. The molecule has 1 amide bonds. The first-order valence-corrected chi connectivity index (χ1v) is 8.14. The maximum atomic E-state index is 13.6. The van der Waals surface area contributed by atoms with Crippen molar-refractivity contribution in [2.45, 2.75) is 0 Å². The van der Waals surface area contributed by atoms with Gasteiger partial charge in [0.2, 0.25) is 0 Å². The van der Waals surface area contributed by atoms with Gasteiger partial charge >= 0.3 is 5.97 Å². The maximum Gasteiger partial charge on any atom is 0.331 e. The van der Waals surface area contributed by atoms with E-state index in [4.69, 9.17) is 14.2 Å². The van der Waals surface area contributed by atoms with Crippen molar-refractivity contribution in [1.82, 2.24) is 0 Å². The van der Waals surface area contributed by atoms with Gasteiger partial charge in [0.1, 0.15) is 5.75 Å². The van der Waals surface area contributed by atoms with E-state index in [9.17, 15) is 24.1 Å².